The molecule has 0 spiro atoms. The molecule has 2 aliphatic heterocycles. The number of benzene rings is 13. The van der Waals surface area contributed by atoms with E-state index in [9.17, 15) is 21.9 Å². The third-order valence-electron chi connectivity index (χ3n) is 25.0. The van der Waals surface area contributed by atoms with Crippen LogP contribution in [0.15, 0.2) is 254 Å². The smallest absolute Gasteiger partial charge is 0.252 e. The summed E-state index contributed by atoms with van der Waals surface area (Å²) in [5.74, 6) is 0. The normalized spacial score (nSPS) is 15.7. The van der Waals surface area contributed by atoms with E-state index in [0.717, 1.165) is 134 Å². The van der Waals surface area contributed by atoms with Gasteiger partial charge < -0.3 is 18.9 Å². The van der Waals surface area contributed by atoms with Crippen LogP contribution < -0.4 is 26.2 Å². The van der Waals surface area contributed by atoms with Crippen molar-refractivity contribution in [2.45, 2.75) is 236 Å². The number of nitrogens with zero attached hydrogens (tertiary/aromatic N) is 4. The second kappa shape index (κ2) is 27.9. The topological polar surface area (TPSA) is 16.3 Å². The van der Waals surface area contributed by atoms with E-state index in [4.69, 9.17) is 0 Å². The molecule has 0 saturated carbocycles. The molecule has 13 aromatic carbocycles. The third kappa shape index (κ3) is 14.0. The number of para-hydroxylation sites is 4. The van der Waals surface area contributed by atoms with Gasteiger partial charge in [-0.15, -0.1) is 0 Å². The average molecular weight is 1580 g/mol. The Balaban J connectivity index is 1.16. The van der Waals surface area contributed by atoms with Crippen LogP contribution in [0.2, 0.25) is 0 Å². The first-order valence-electron chi connectivity index (χ1n) is 50.4. The van der Waals surface area contributed by atoms with E-state index >= 15 is 0 Å². The van der Waals surface area contributed by atoms with Crippen LogP contribution in [-0.4, -0.2) is 15.8 Å². The monoisotopic (exact) mass is 1580 g/mol. The molecular weight excluding hydrogens is 1440 g/mol. The lowest BCUT2D eigenvalue weighted by atomic mass is 9.33. The van der Waals surface area contributed by atoms with Gasteiger partial charge in [-0.05, 0) is 222 Å². The van der Waals surface area contributed by atoms with Gasteiger partial charge in [0, 0.05) is 77.9 Å². The first-order chi connectivity index (χ1) is 62.4. The quantitative estimate of drug-likeness (QED) is 0.141. The summed E-state index contributed by atoms with van der Waals surface area (Å²) in [7, 11) is 0. The Morgan fingerprint density at radius 1 is 0.235 bits per heavy atom. The largest absolute Gasteiger partial charge is 0.310 e. The molecule has 2 aromatic heterocycles. The van der Waals surface area contributed by atoms with E-state index in [-0.39, 0.29) is 65.3 Å². The highest BCUT2D eigenvalue weighted by Gasteiger charge is 2.48. The Morgan fingerprint density at radius 3 is 0.807 bits per heavy atom. The molecule has 4 heterocycles. The zero-order chi connectivity index (χ0) is 98.8. The second-order valence-corrected chi connectivity index (χ2v) is 42.8. The molecule has 0 radical (unpaired) electrons. The molecule has 15 aromatic rings. The lowest BCUT2D eigenvalue weighted by molar-refractivity contribution is 0.569. The zero-order valence-electron chi connectivity index (χ0n) is 90.9. The van der Waals surface area contributed by atoms with Crippen LogP contribution in [0.1, 0.15) is 259 Å². The zero-order valence-corrected chi connectivity index (χ0v) is 74.9. The van der Waals surface area contributed by atoms with Gasteiger partial charge in [-0.1, -0.05) is 357 Å². The molecule has 0 unspecified atom stereocenters. The summed E-state index contributed by atoms with van der Waals surface area (Å²) in [6, 6.07) is 50.0. The summed E-state index contributed by atoms with van der Waals surface area (Å²) < 4.78 is 158. The minimum absolute atomic E-state index is 0.0441. The fourth-order valence-corrected chi connectivity index (χ4v) is 18.0. The Morgan fingerprint density at radius 2 is 0.513 bits per heavy atom. The molecule has 0 saturated heterocycles. The molecule has 0 fully saturated rings. The fourth-order valence-electron chi connectivity index (χ4n) is 18.0. The Labute approximate surface area is 734 Å². The highest BCUT2D eigenvalue weighted by Crippen LogP contribution is 2.58. The molecule has 0 amide bonds. The van der Waals surface area contributed by atoms with Crippen LogP contribution in [0.25, 0.3) is 99.5 Å². The van der Waals surface area contributed by atoms with Crippen molar-refractivity contribution in [2.24, 2.45) is 0 Å². The van der Waals surface area contributed by atoms with Gasteiger partial charge in [0.2, 0.25) is 0 Å². The van der Waals surface area contributed by atoms with Crippen LogP contribution in [0.3, 0.4) is 0 Å². The Kier molecular flexibility index (Phi) is 14.8. The first-order valence-corrected chi connectivity index (χ1v) is 42.4. The van der Waals surface area contributed by atoms with Crippen molar-refractivity contribution in [1.82, 2.24) is 9.13 Å². The van der Waals surface area contributed by atoms with Gasteiger partial charge in [0.05, 0.1) is 55.4 Å². The molecule has 602 valence electrons. The molecule has 5 heteroatoms. The minimum atomic E-state index is -0.809. The summed E-state index contributed by atoms with van der Waals surface area (Å²) in [6.07, 6.45) is 0. The fraction of sp³-hybridized carbons (Fsp3) is 0.316. The standard InChI is InChI=1S/C114H123BN4/c1-106(2,3)72-48-44-70(45-49-72)87-60-76(110(13,14)15)62-89(81-56-52-74(108(7,8)9)64-91(81)113(22,23)24)104(87)118-99-68-79(116-95-40-32-28-36-83(95)84-37-29-33-41-96(84)116)54-58-93(99)115-94-59-55-80(117-97-42-34-30-38-85(97)86-39-31-35-43-98(86)117)69-100(94)119(102-67-78(112(19,20)21)66-101(118)103(102)115)105-88(71-46-50-73(51-47-71)107(4,5)6)61-77(111(16,17)18)63-90(105)82-57-53-75(109(10,11)12)65-92(82)114(25,26)27/h28-69H,1-27H3/i28D,29D,30D,31D,32D,33D,34D,35D,36D,37D,38D,39D,40D,41D,42D,43D. The first kappa shape index (κ1) is 63.2. The predicted molar refractivity (Wildman–Crippen MR) is 519 cm³/mol. The summed E-state index contributed by atoms with van der Waals surface area (Å²) in [5, 5.41) is -0.268. The van der Waals surface area contributed by atoms with Gasteiger partial charge in [-0.25, -0.2) is 0 Å². The van der Waals surface area contributed by atoms with Gasteiger partial charge in [0.25, 0.3) is 6.71 Å². The van der Waals surface area contributed by atoms with Gasteiger partial charge in [-0.2, -0.15) is 0 Å². The molecule has 0 aliphatic carbocycles. The number of hydrogen-bond donors (Lipinski definition) is 0. The van der Waals surface area contributed by atoms with E-state index in [1.807, 2.05) is 24.3 Å². The number of rotatable bonds is 8. The van der Waals surface area contributed by atoms with Crippen LogP contribution in [0.5, 0.6) is 0 Å². The van der Waals surface area contributed by atoms with Crippen molar-refractivity contribution in [1.29, 1.82) is 0 Å². The maximum absolute atomic E-state index is 10.1. The van der Waals surface area contributed by atoms with Crippen LogP contribution in [0, 0.1) is 0 Å². The SMILES string of the molecule is [2H]c1c([2H])c([2H])c2c(c1[2H])c1c([2H])c([2H])c([2H])c([2H])c1n2-c1ccc2c(c1)N(c1c(-c3ccc(C(C)(C)C)cc3)cc(C(C)(C)C)cc1-c1ccc(C(C)(C)C)cc1C(C)(C)C)c1cc(C(C)(C)C)cc3c1B2c1ccc(-n2c4c([2H])c([2H])c([2H])c([2H])c4c4c([2H])c([2H])c([2H])c([2H])c42)cc1N3c1c(-c2ccc(C(C)(C)C)cc2)cc(C(C)(C)C)cc1-c1ccc(C(C)(C)C)cc1C(C)(C)C. The summed E-state index contributed by atoms with van der Waals surface area (Å²) in [4.78, 5) is 4.88. The van der Waals surface area contributed by atoms with Crippen LogP contribution in [0.4, 0.5) is 34.1 Å². The van der Waals surface area contributed by atoms with E-state index < -0.39 is 130 Å². The van der Waals surface area contributed by atoms with E-state index in [1.54, 1.807) is 9.13 Å². The molecule has 119 heavy (non-hydrogen) atoms. The molecule has 2 aliphatic rings. The third-order valence-corrected chi connectivity index (χ3v) is 25.0. The molecule has 0 bridgehead atoms. The van der Waals surface area contributed by atoms with Crippen LogP contribution in [-0.2, 0) is 48.7 Å². The maximum atomic E-state index is 10.1. The van der Waals surface area contributed by atoms with Gasteiger partial charge in [0.15, 0.2) is 0 Å². The van der Waals surface area contributed by atoms with Crippen LogP contribution >= 0.6 is 0 Å². The van der Waals surface area contributed by atoms with Crippen molar-refractivity contribution in [3.8, 4) is 55.9 Å². The molecule has 4 nitrogen and oxygen atoms in total. The summed E-state index contributed by atoms with van der Waals surface area (Å²) in [5.41, 5.74) is 20.7. The molecule has 17 rings (SSSR count). The summed E-state index contributed by atoms with van der Waals surface area (Å²) in [6.45, 7) is 59.9. The van der Waals surface area contributed by atoms with Gasteiger partial charge >= 0.3 is 0 Å². The van der Waals surface area contributed by atoms with E-state index in [1.165, 1.54) is 0 Å². The van der Waals surface area contributed by atoms with Crippen molar-refractivity contribution < 1.29 is 21.9 Å². The van der Waals surface area contributed by atoms with E-state index in [0.29, 0.717) is 22.7 Å². The van der Waals surface area contributed by atoms with Crippen molar-refractivity contribution in [3.63, 3.8) is 0 Å². The maximum Gasteiger partial charge on any atom is 0.252 e. The minimum Gasteiger partial charge on any atom is -0.310 e. The number of hydrogen-bond acceptors (Lipinski definition) is 2. The summed E-state index contributed by atoms with van der Waals surface area (Å²) >= 11 is 0. The van der Waals surface area contributed by atoms with E-state index in [2.05, 4.69) is 330 Å². The number of fused-ring (bicyclic) bond motifs is 10. The lowest BCUT2D eigenvalue weighted by Crippen LogP contribution is -2.61. The molecular formula is C114H123BN4. The van der Waals surface area contributed by atoms with Crippen molar-refractivity contribution in [3.05, 3.63) is 304 Å². The van der Waals surface area contributed by atoms with Gasteiger partial charge in [-0.3, -0.25) is 0 Å². The highest BCUT2D eigenvalue weighted by atomic mass is 15.2. The predicted octanol–water partition coefficient (Wildman–Crippen LogP) is 30.3. The number of anilines is 6. The van der Waals surface area contributed by atoms with Crippen molar-refractivity contribution in [2.75, 3.05) is 9.80 Å². The number of aromatic nitrogens is 2. The van der Waals surface area contributed by atoms with Gasteiger partial charge in [0.1, 0.15) is 0 Å². The second-order valence-electron chi connectivity index (χ2n) is 42.8. The lowest BCUT2D eigenvalue weighted by Gasteiger charge is -2.47. The highest BCUT2D eigenvalue weighted by molar-refractivity contribution is 7.00. The molecule has 0 N–H and O–H groups in total. The Hall–Kier alpha value is -10.9. The molecule has 0 atom stereocenters. The average Bonchev–Trinajstić information content (AvgIpc) is 1.19. The van der Waals surface area contributed by atoms with Crippen molar-refractivity contribution >= 4 is 101 Å². The Bertz CT molecular complexity index is 7010.